The van der Waals surface area contributed by atoms with E-state index in [1.165, 1.54) is 12.0 Å². The van der Waals surface area contributed by atoms with Gasteiger partial charge < -0.3 is 15.0 Å². The predicted molar refractivity (Wildman–Crippen MR) is 84.4 cm³/mol. The summed E-state index contributed by atoms with van der Waals surface area (Å²) < 4.78 is 56.3. The molecule has 1 fully saturated rings. The molecule has 1 saturated heterocycles. The molecule has 1 atom stereocenters. The molecule has 1 aliphatic heterocycles. The number of rotatable bonds is 6. The van der Waals surface area contributed by atoms with Gasteiger partial charge in [0.05, 0.1) is 18.1 Å². The minimum atomic E-state index is -4.62. The Bertz CT molecular complexity index is 664. The van der Waals surface area contributed by atoms with Crippen molar-refractivity contribution in [2.24, 2.45) is 5.92 Å². The number of halogens is 4. The molecule has 1 aromatic rings. The van der Waals surface area contributed by atoms with Gasteiger partial charge in [0.25, 0.3) is 0 Å². The topological polar surface area (TPSA) is 58.6 Å². The van der Waals surface area contributed by atoms with Gasteiger partial charge in [0.15, 0.2) is 0 Å². The fourth-order valence-electron chi connectivity index (χ4n) is 2.74. The van der Waals surface area contributed by atoms with Crippen molar-refractivity contribution in [3.63, 3.8) is 0 Å². The summed E-state index contributed by atoms with van der Waals surface area (Å²) in [4.78, 5) is 25.6. The van der Waals surface area contributed by atoms with Crippen molar-refractivity contribution >= 4 is 11.8 Å². The Labute approximate surface area is 148 Å². The molecule has 5 nitrogen and oxygen atoms in total. The second-order valence-electron chi connectivity index (χ2n) is 6.09. The van der Waals surface area contributed by atoms with E-state index in [0.717, 1.165) is 12.1 Å². The van der Waals surface area contributed by atoms with Gasteiger partial charge in [0.1, 0.15) is 5.82 Å². The maximum Gasteiger partial charge on any atom is 0.416 e. The first kappa shape index (κ1) is 20.2. The Morgan fingerprint density at radius 1 is 1.38 bits per heavy atom. The van der Waals surface area contributed by atoms with Crippen LogP contribution in [0.2, 0.25) is 0 Å². The van der Waals surface area contributed by atoms with Crippen molar-refractivity contribution in [1.82, 2.24) is 10.2 Å². The molecule has 2 rings (SSSR count). The lowest BCUT2D eigenvalue weighted by atomic mass is 9.96. The number of likely N-dealkylation sites (tertiary alicyclic amines) is 1. The number of alkyl halides is 3. The molecule has 26 heavy (non-hydrogen) atoms. The Kier molecular flexibility index (Phi) is 6.57. The fraction of sp³-hybridized carbons (Fsp3) is 0.529. The summed E-state index contributed by atoms with van der Waals surface area (Å²) in [5, 5.41) is 2.53. The summed E-state index contributed by atoms with van der Waals surface area (Å²) in [5.74, 6) is -1.89. The third-order valence-electron chi connectivity index (χ3n) is 4.27. The Morgan fingerprint density at radius 3 is 2.73 bits per heavy atom. The van der Waals surface area contributed by atoms with Crippen LogP contribution in [0.3, 0.4) is 0 Å². The molecule has 0 aromatic heterocycles. The highest BCUT2D eigenvalue weighted by molar-refractivity contribution is 5.83. The van der Waals surface area contributed by atoms with Gasteiger partial charge >= 0.3 is 6.18 Å². The van der Waals surface area contributed by atoms with Crippen molar-refractivity contribution in [2.75, 3.05) is 26.8 Å². The number of hydrogen-bond donors (Lipinski definition) is 1. The Balaban J connectivity index is 1.93. The minimum absolute atomic E-state index is 0.0329. The second-order valence-corrected chi connectivity index (χ2v) is 6.09. The van der Waals surface area contributed by atoms with Crippen LogP contribution in [0.25, 0.3) is 0 Å². The lowest BCUT2D eigenvalue weighted by molar-refractivity contribution is -0.139. The number of methoxy groups -OCH3 is 1. The van der Waals surface area contributed by atoms with Gasteiger partial charge in [-0.3, -0.25) is 9.59 Å². The summed E-state index contributed by atoms with van der Waals surface area (Å²) in [6.45, 7) is 0.762. The zero-order chi connectivity index (χ0) is 19.3. The predicted octanol–water partition coefficient (Wildman–Crippen LogP) is 2.35. The van der Waals surface area contributed by atoms with Crippen LogP contribution in [0.1, 0.15) is 24.0 Å². The number of amides is 2. The third-order valence-corrected chi connectivity index (χ3v) is 4.27. The van der Waals surface area contributed by atoms with Crippen LogP contribution in [0.4, 0.5) is 17.6 Å². The molecule has 1 aromatic carbocycles. The van der Waals surface area contributed by atoms with Crippen LogP contribution in [-0.2, 0) is 27.0 Å². The maximum absolute atomic E-state index is 13.8. The van der Waals surface area contributed by atoms with Crippen LogP contribution in [0.5, 0.6) is 0 Å². The van der Waals surface area contributed by atoms with Gasteiger partial charge in [-0.1, -0.05) is 6.07 Å². The molecule has 1 aliphatic rings. The zero-order valence-electron chi connectivity index (χ0n) is 14.2. The number of carbonyl (C=O) groups excluding carboxylic acids is 2. The van der Waals surface area contributed by atoms with Crippen molar-refractivity contribution in [3.05, 3.63) is 35.1 Å². The molecule has 2 amide bonds. The highest BCUT2D eigenvalue weighted by Crippen LogP contribution is 2.30. The fourth-order valence-corrected chi connectivity index (χ4v) is 2.74. The van der Waals surface area contributed by atoms with E-state index in [1.807, 2.05) is 0 Å². The van der Waals surface area contributed by atoms with Crippen molar-refractivity contribution in [1.29, 1.82) is 0 Å². The average molecular weight is 376 g/mol. The average Bonchev–Trinajstić information content (AvgIpc) is 2.58. The molecule has 0 bridgehead atoms. The Hall–Kier alpha value is -2.16. The minimum Gasteiger partial charge on any atom is -0.383 e. The summed E-state index contributed by atoms with van der Waals surface area (Å²) in [5.41, 5.74) is -1.11. The van der Waals surface area contributed by atoms with E-state index in [-0.39, 0.29) is 36.9 Å². The number of hydrogen-bond acceptors (Lipinski definition) is 3. The number of benzene rings is 1. The molecule has 0 spiro atoms. The molecule has 1 N–H and O–H groups in total. The van der Waals surface area contributed by atoms with Gasteiger partial charge in [-0.05, 0) is 18.6 Å². The third kappa shape index (κ3) is 5.17. The Morgan fingerprint density at radius 2 is 2.12 bits per heavy atom. The van der Waals surface area contributed by atoms with E-state index in [2.05, 4.69) is 5.32 Å². The van der Waals surface area contributed by atoms with Crippen LogP contribution >= 0.6 is 0 Å². The first-order chi connectivity index (χ1) is 12.2. The van der Waals surface area contributed by atoms with Gasteiger partial charge in [0, 0.05) is 38.7 Å². The van der Waals surface area contributed by atoms with Gasteiger partial charge in [-0.25, -0.2) is 4.39 Å². The quantitative estimate of drug-likeness (QED) is 0.776. The lowest BCUT2D eigenvalue weighted by Crippen LogP contribution is -2.46. The largest absolute Gasteiger partial charge is 0.416 e. The highest BCUT2D eigenvalue weighted by Gasteiger charge is 2.32. The van der Waals surface area contributed by atoms with Crippen molar-refractivity contribution in [3.8, 4) is 0 Å². The molecule has 9 heteroatoms. The monoisotopic (exact) mass is 376 g/mol. The van der Waals surface area contributed by atoms with Gasteiger partial charge in [-0.2, -0.15) is 13.2 Å². The molecular formula is C17H20F4N2O3. The molecule has 1 heterocycles. The summed E-state index contributed by atoms with van der Waals surface area (Å²) >= 11 is 0. The number of nitrogens with one attached hydrogen (secondary N) is 1. The second kappa shape index (κ2) is 8.48. The number of piperidine rings is 1. The standard InChI is InChI=1S/C17H20F4N2O3/c1-26-7-6-23-10-12(3-5-15(23)24)16(25)22-9-11-2-4-13(8-14(11)18)17(19,20)21/h2,4,8,12H,3,5-7,9-10H2,1H3,(H,22,25)/t12-/m0/s1. The van der Waals surface area contributed by atoms with Crippen molar-refractivity contribution in [2.45, 2.75) is 25.6 Å². The molecule has 0 aliphatic carbocycles. The first-order valence-electron chi connectivity index (χ1n) is 8.12. The van der Waals surface area contributed by atoms with Crippen molar-refractivity contribution < 1.29 is 31.9 Å². The highest BCUT2D eigenvalue weighted by atomic mass is 19.4. The smallest absolute Gasteiger partial charge is 0.383 e. The first-order valence-corrected chi connectivity index (χ1v) is 8.12. The van der Waals surface area contributed by atoms with E-state index in [0.29, 0.717) is 25.6 Å². The molecule has 144 valence electrons. The van der Waals surface area contributed by atoms with Gasteiger partial charge in [0.2, 0.25) is 11.8 Å². The summed E-state index contributed by atoms with van der Waals surface area (Å²) in [7, 11) is 1.51. The normalized spacial score (nSPS) is 18.1. The van der Waals surface area contributed by atoms with Crippen LogP contribution in [0.15, 0.2) is 18.2 Å². The summed E-state index contributed by atoms with van der Waals surface area (Å²) in [6.07, 6.45) is -4.01. The molecule has 0 radical (unpaired) electrons. The lowest BCUT2D eigenvalue weighted by Gasteiger charge is -2.31. The van der Waals surface area contributed by atoms with E-state index < -0.39 is 23.5 Å². The molecule has 0 unspecified atom stereocenters. The van der Waals surface area contributed by atoms with Crippen LogP contribution < -0.4 is 5.32 Å². The van der Waals surface area contributed by atoms with E-state index in [1.54, 1.807) is 0 Å². The van der Waals surface area contributed by atoms with Crippen LogP contribution in [-0.4, -0.2) is 43.5 Å². The maximum atomic E-state index is 13.8. The van der Waals surface area contributed by atoms with Gasteiger partial charge in [-0.15, -0.1) is 0 Å². The number of ether oxygens (including phenoxy) is 1. The van der Waals surface area contributed by atoms with E-state index in [9.17, 15) is 27.2 Å². The molecule has 0 saturated carbocycles. The number of carbonyl (C=O) groups is 2. The zero-order valence-corrected chi connectivity index (χ0v) is 14.2. The molecular weight excluding hydrogens is 356 g/mol. The SMILES string of the molecule is COCCN1C[C@@H](C(=O)NCc2ccc(C(F)(F)F)cc2F)CCC1=O. The van der Waals surface area contributed by atoms with E-state index >= 15 is 0 Å². The number of nitrogens with zero attached hydrogens (tertiary/aromatic N) is 1. The summed E-state index contributed by atoms with van der Waals surface area (Å²) in [6, 6.07) is 2.19. The van der Waals surface area contributed by atoms with E-state index in [4.69, 9.17) is 4.74 Å². The van der Waals surface area contributed by atoms with Crippen LogP contribution in [0, 0.1) is 11.7 Å².